The molecule has 2 nitrogen and oxygen atoms in total. The van der Waals surface area contributed by atoms with E-state index in [1.165, 1.54) is 0 Å². The Labute approximate surface area is 81.5 Å². The second-order valence-electron chi connectivity index (χ2n) is 3.71. The minimum absolute atomic E-state index is 0.152. The van der Waals surface area contributed by atoms with Gasteiger partial charge in [-0.1, -0.05) is 22.9 Å². The van der Waals surface area contributed by atoms with Gasteiger partial charge in [-0.15, -0.1) is 0 Å². The molecule has 0 bridgehead atoms. The minimum atomic E-state index is -0.637. The Kier molecular flexibility index (Phi) is 3.16. The molecule has 70 valence electrons. The van der Waals surface area contributed by atoms with Crippen LogP contribution in [-0.4, -0.2) is 16.4 Å². The Morgan fingerprint density at radius 1 is 1.67 bits per heavy atom. The summed E-state index contributed by atoms with van der Waals surface area (Å²) in [5.74, 6) is -0.793. The second kappa shape index (κ2) is 3.77. The molecule has 1 aliphatic rings. The van der Waals surface area contributed by atoms with Crippen molar-refractivity contribution in [1.29, 1.82) is 0 Å². The van der Waals surface area contributed by atoms with Gasteiger partial charge in [0.2, 0.25) is 0 Å². The summed E-state index contributed by atoms with van der Waals surface area (Å²) in [7, 11) is 0. The number of hydrogen-bond acceptors (Lipinski definition) is 1. The maximum absolute atomic E-state index is 10.7. The first-order valence-corrected chi connectivity index (χ1v) is 5.53. The summed E-state index contributed by atoms with van der Waals surface area (Å²) in [5.41, 5.74) is 0.152. The van der Waals surface area contributed by atoms with E-state index < -0.39 is 5.97 Å². The zero-order valence-electron chi connectivity index (χ0n) is 7.35. The summed E-state index contributed by atoms with van der Waals surface area (Å²) in [6, 6.07) is 0. The molecule has 1 atom stereocenters. The van der Waals surface area contributed by atoms with Crippen LogP contribution in [-0.2, 0) is 4.79 Å². The monoisotopic (exact) mass is 234 g/mol. The maximum atomic E-state index is 10.7. The molecule has 1 saturated carbocycles. The van der Waals surface area contributed by atoms with Crippen molar-refractivity contribution in [1.82, 2.24) is 0 Å². The van der Waals surface area contributed by atoms with Crippen molar-refractivity contribution >= 4 is 21.9 Å². The Hall–Kier alpha value is -0.0500. The van der Waals surface area contributed by atoms with Gasteiger partial charge in [0.05, 0.1) is 5.92 Å². The van der Waals surface area contributed by atoms with Gasteiger partial charge in [0.15, 0.2) is 0 Å². The molecule has 0 heterocycles. The minimum Gasteiger partial charge on any atom is -0.481 e. The molecule has 0 aromatic heterocycles. The van der Waals surface area contributed by atoms with Crippen LogP contribution in [0.5, 0.6) is 0 Å². The average molecular weight is 235 g/mol. The number of carbonyl (C=O) groups is 1. The number of rotatable bonds is 5. The fraction of sp³-hybridized carbons (Fsp3) is 0.889. The van der Waals surface area contributed by atoms with Crippen molar-refractivity contribution in [2.75, 3.05) is 5.33 Å². The van der Waals surface area contributed by atoms with Gasteiger partial charge in [0.1, 0.15) is 0 Å². The first-order valence-electron chi connectivity index (χ1n) is 4.41. The molecule has 1 N–H and O–H groups in total. The van der Waals surface area contributed by atoms with Gasteiger partial charge in [-0.3, -0.25) is 4.79 Å². The SMILES string of the molecule is CC(C(=O)O)C1(CCCBr)CC1. The molecular weight excluding hydrogens is 220 g/mol. The predicted molar refractivity (Wildman–Crippen MR) is 51.5 cm³/mol. The van der Waals surface area contributed by atoms with E-state index in [-0.39, 0.29) is 11.3 Å². The molecule has 0 saturated heterocycles. The van der Waals surface area contributed by atoms with Crippen molar-refractivity contribution in [2.45, 2.75) is 32.6 Å². The Bertz CT molecular complexity index is 175. The Balaban J connectivity index is 2.42. The first-order chi connectivity index (χ1) is 5.62. The van der Waals surface area contributed by atoms with E-state index in [0.29, 0.717) is 0 Å². The summed E-state index contributed by atoms with van der Waals surface area (Å²) >= 11 is 3.37. The van der Waals surface area contributed by atoms with Crippen molar-refractivity contribution < 1.29 is 9.90 Å². The van der Waals surface area contributed by atoms with E-state index >= 15 is 0 Å². The van der Waals surface area contributed by atoms with Crippen molar-refractivity contribution in [3.8, 4) is 0 Å². The van der Waals surface area contributed by atoms with Crippen LogP contribution in [0.15, 0.2) is 0 Å². The molecule has 1 rings (SSSR count). The third kappa shape index (κ3) is 2.00. The van der Waals surface area contributed by atoms with Crippen LogP contribution < -0.4 is 0 Å². The van der Waals surface area contributed by atoms with E-state index in [9.17, 15) is 4.79 Å². The van der Waals surface area contributed by atoms with Crippen LogP contribution in [0.3, 0.4) is 0 Å². The molecular formula is C9H15BrO2. The Morgan fingerprint density at radius 2 is 2.25 bits per heavy atom. The van der Waals surface area contributed by atoms with Crippen molar-refractivity contribution in [2.24, 2.45) is 11.3 Å². The fourth-order valence-corrected chi connectivity index (χ4v) is 2.02. The van der Waals surface area contributed by atoms with Crippen LogP contribution in [0, 0.1) is 11.3 Å². The largest absolute Gasteiger partial charge is 0.481 e. The summed E-state index contributed by atoms with van der Waals surface area (Å²) in [4.78, 5) is 10.7. The molecule has 0 aliphatic heterocycles. The van der Waals surface area contributed by atoms with Gasteiger partial charge in [-0.25, -0.2) is 0 Å². The zero-order valence-corrected chi connectivity index (χ0v) is 8.93. The van der Waals surface area contributed by atoms with E-state index in [0.717, 1.165) is 31.0 Å². The van der Waals surface area contributed by atoms with Gasteiger partial charge in [0, 0.05) is 5.33 Å². The third-order valence-electron chi connectivity index (χ3n) is 2.99. The molecule has 1 aliphatic carbocycles. The fourth-order valence-electron chi connectivity index (χ4n) is 1.74. The van der Waals surface area contributed by atoms with Crippen LogP contribution in [0.1, 0.15) is 32.6 Å². The van der Waals surface area contributed by atoms with Crippen LogP contribution in [0.2, 0.25) is 0 Å². The number of aliphatic carboxylic acids is 1. The van der Waals surface area contributed by atoms with Gasteiger partial charge in [0.25, 0.3) is 0 Å². The highest BCUT2D eigenvalue weighted by Crippen LogP contribution is 2.55. The van der Waals surface area contributed by atoms with Crippen LogP contribution in [0.25, 0.3) is 0 Å². The summed E-state index contributed by atoms with van der Waals surface area (Å²) in [6.07, 6.45) is 4.37. The molecule has 0 amide bonds. The predicted octanol–water partition coefficient (Wildman–Crippen LogP) is 2.66. The van der Waals surface area contributed by atoms with Gasteiger partial charge in [-0.05, 0) is 31.1 Å². The summed E-state index contributed by atoms with van der Waals surface area (Å²) in [6.45, 7) is 1.84. The lowest BCUT2D eigenvalue weighted by atomic mass is 9.87. The molecule has 0 radical (unpaired) electrons. The smallest absolute Gasteiger partial charge is 0.306 e. The molecule has 0 spiro atoms. The van der Waals surface area contributed by atoms with Crippen LogP contribution >= 0.6 is 15.9 Å². The molecule has 0 aromatic carbocycles. The first kappa shape index (κ1) is 10.0. The molecule has 1 unspecified atom stereocenters. The number of halogens is 1. The quantitative estimate of drug-likeness (QED) is 0.744. The standard InChI is InChI=1S/C9H15BrO2/c1-7(8(11)12)9(4-5-9)3-2-6-10/h7H,2-6H2,1H3,(H,11,12). The molecule has 0 aromatic rings. The number of carboxylic acids is 1. The highest BCUT2D eigenvalue weighted by molar-refractivity contribution is 9.09. The number of hydrogen-bond donors (Lipinski definition) is 1. The average Bonchev–Trinajstić information content (AvgIpc) is 2.80. The van der Waals surface area contributed by atoms with Gasteiger partial charge >= 0.3 is 5.97 Å². The van der Waals surface area contributed by atoms with Crippen molar-refractivity contribution in [3.63, 3.8) is 0 Å². The number of carboxylic acid groups (broad SMARTS) is 1. The maximum Gasteiger partial charge on any atom is 0.306 e. The van der Waals surface area contributed by atoms with E-state index in [1.54, 1.807) is 0 Å². The Morgan fingerprint density at radius 3 is 2.58 bits per heavy atom. The van der Waals surface area contributed by atoms with Gasteiger partial charge in [-0.2, -0.15) is 0 Å². The lowest BCUT2D eigenvalue weighted by Gasteiger charge is -2.18. The highest BCUT2D eigenvalue weighted by atomic mass is 79.9. The summed E-state index contributed by atoms with van der Waals surface area (Å²) < 4.78 is 0. The van der Waals surface area contributed by atoms with E-state index in [4.69, 9.17) is 5.11 Å². The van der Waals surface area contributed by atoms with Gasteiger partial charge < -0.3 is 5.11 Å². The topological polar surface area (TPSA) is 37.3 Å². The molecule has 1 fully saturated rings. The molecule has 12 heavy (non-hydrogen) atoms. The summed E-state index contributed by atoms with van der Waals surface area (Å²) in [5, 5.41) is 9.83. The van der Waals surface area contributed by atoms with Crippen molar-refractivity contribution in [3.05, 3.63) is 0 Å². The lowest BCUT2D eigenvalue weighted by Crippen LogP contribution is -2.21. The normalized spacial score (nSPS) is 21.8. The molecule has 3 heteroatoms. The van der Waals surface area contributed by atoms with E-state index in [1.807, 2.05) is 6.92 Å². The zero-order chi connectivity index (χ0) is 9.19. The highest BCUT2D eigenvalue weighted by Gasteiger charge is 2.49. The second-order valence-corrected chi connectivity index (χ2v) is 4.51. The number of alkyl halides is 1. The third-order valence-corrected chi connectivity index (χ3v) is 3.55. The van der Waals surface area contributed by atoms with Crippen LogP contribution in [0.4, 0.5) is 0 Å². The lowest BCUT2D eigenvalue weighted by molar-refractivity contribution is -0.143. The van der Waals surface area contributed by atoms with E-state index in [2.05, 4.69) is 15.9 Å².